The Morgan fingerprint density at radius 1 is 1.24 bits per heavy atom. The van der Waals surface area contributed by atoms with Crippen molar-refractivity contribution >= 4 is 22.5 Å². The van der Waals surface area contributed by atoms with E-state index in [9.17, 15) is 0 Å². The molecule has 1 aliphatic rings. The Balaban J connectivity index is 1.85. The van der Waals surface area contributed by atoms with Crippen LogP contribution in [-0.4, -0.2) is 16.4 Å². The lowest BCUT2D eigenvalue weighted by atomic mass is 10.1. The van der Waals surface area contributed by atoms with Crippen molar-refractivity contribution in [3.05, 3.63) is 42.1 Å². The molecule has 88 valence electrons. The number of hydrogen-bond donors (Lipinski definition) is 1. The summed E-state index contributed by atoms with van der Waals surface area (Å²) in [7, 11) is 0. The fraction of sp³-hybridized carbons (Fsp3) is 0.357. The first kappa shape index (κ1) is 11.0. The smallest absolute Gasteiger partial charge is 0.0705 e. The molecule has 1 N–H and O–H groups in total. The minimum Gasteiger partial charge on any atom is -0.306 e. The third-order valence-electron chi connectivity index (χ3n) is 3.50. The maximum Gasteiger partial charge on any atom is 0.0705 e. The number of nitrogens with zero attached hydrogens (tertiary/aromatic N) is 1. The van der Waals surface area contributed by atoms with Crippen LogP contribution in [0.5, 0.6) is 0 Å². The monoisotopic (exact) mass is 246 g/mol. The van der Waals surface area contributed by atoms with Crippen LogP contribution >= 0.6 is 11.6 Å². The Hall–Kier alpha value is -1.12. The van der Waals surface area contributed by atoms with Crippen LogP contribution in [0.3, 0.4) is 0 Å². The molecule has 0 radical (unpaired) electrons. The van der Waals surface area contributed by atoms with Gasteiger partial charge in [0.25, 0.3) is 0 Å². The van der Waals surface area contributed by atoms with Gasteiger partial charge in [-0.2, -0.15) is 0 Å². The van der Waals surface area contributed by atoms with E-state index in [-0.39, 0.29) is 5.54 Å². The molecule has 0 saturated heterocycles. The summed E-state index contributed by atoms with van der Waals surface area (Å²) in [6.45, 7) is 0.871. The standard InChI is InChI=1S/C14H15ClN2/c15-10-14(6-7-14)17-9-11-5-8-16-13-4-2-1-3-12(11)13/h1-5,8,17H,6-7,9-10H2. The Labute approximate surface area is 106 Å². The molecule has 1 aliphatic carbocycles. The molecule has 3 heteroatoms. The fourth-order valence-electron chi connectivity index (χ4n) is 2.10. The molecule has 0 bridgehead atoms. The second kappa shape index (κ2) is 4.28. The first-order valence-electron chi connectivity index (χ1n) is 5.97. The van der Waals surface area contributed by atoms with Crippen molar-refractivity contribution in [2.45, 2.75) is 24.9 Å². The molecule has 17 heavy (non-hydrogen) atoms. The summed E-state index contributed by atoms with van der Waals surface area (Å²) in [6, 6.07) is 10.3. The van der Waals surface area contributed by atoms with E-state index in [1.54, 1.807) is 0 Å². The van der Waals surface area contributed by atoms with Gasteiger partial charge in [0.15, 0.2) is 0 Å². The summed E-state index contributed by atoms with van der Waals surface area (Å²) in [6.07, 6.45) is 4.26. The van der Waals surface area contributed by atoms with Gasteiger partial charge in [-0.15, -0.1) is 11.6 Å². The average molecular weight is 247 g/mol. The molecule has 0 aliphatic heterocycles. The van der Waals surface area contributed by atoms with Crippen molar-refractivity contribution < 1.29 is 0 Å². The molecule has 1 fully saturated rings. The maximum atomic E-state index is 5.97. The minimum atomic E-state index is 0.200. The van der Waals surface area contributed by atoms with Gasteiger partial charge >= 0.3 is 0 Å². The Bertz CT molecular complexity index is 529. The number of aromatic nitrogens is 1. The van der Waals surface area contributed by atoms with Gasteiger partial charge in [-0.3, -0.25) is 4.98 Å². The molecule has 1 saturated carbocycles. The van der Waals surface area contributed by atoms with E-state index in [4.69, 9.17) is 11.6 Å². The van der Waals surface area contributed by atoms with Gasteiger partial charge in [-0.05, 0) is 30.5 Å². The van der Waals surface area contributed by atoms with Gasteiger partial charge < -0.3 is 5.32 Å². The molecule has 0 atom stereocenters. The summed E-state index contributed by atoms with van der Waals surface area (Å²) >= 11 is 5.97. The van der Waals surface area contributed by atoms with Crippen LogP contribution < -0.4 is 5.32 Å². The first-order chi connectivity index (χ1) is 8.33. The van der Waals surface area contributed by atoms with Crippen LogP contribution in [0, 0.1) is 0 Å². The highest BCUT2D eigenvalue weighted by molar-refractivity contribution is 6.18. The van der Waals surface area contributed by atoms with E-state index >= 15 is 0 Å². The molecule has 0 spiro atoms. The lowest BCUT2D eigenvalue weighted by Gasteiger charge is -2.14. The zero-order valence-electron chi connectivity index (χ0n) is 9.62. The Morgan fingerprint density at radius 3 is 2.82 bits per heavy atom. The summed E-state index contributed by atoms with van der Waals surface area (Å²) < 4.78 is 0. The first-order valence-corrected chi connectivity index (χ1v) is 6.50. The van der Waals surface area contributed by atoms with Gasteiger partial charge in [0.2, 0.25) is 0 Å². The van der Waals surface area contributed by atoms with Gasteiger partial charge in [0.05, 0.1) is 5.52 Å². The molecular formula is C14H15ClN2. The van der Waals surface area contributed by atoms with Crippen LogP contribution in [0.25, 0.3) is 10.9 Å². The molecule has 1 heterocycles. The largest absolute Gasteiger partial charge is 0.306 e. The number of fused-ring (bicyclic) bond motifs is 1. The molecule has 2 aromatic rings. The van der Waals surface area contributed by atoms with Gasteiger partial charge in [-0.1, -0.05) is 18.2 Å². The zero-order chi connectivity index (χ0) is 11.7. The number of hydrogen-bond acceptors (Lipinski definition) is 2. The Kier molecular flexibility index (Phi) is 2.77. The SMILES string of the molecule is ClCC1(NCc2ccnc3ccccc23)CC1. The van der Waals surface area contributed by atoms with E-state index in [1.165, 1.54) is 23.8 Å². The van der Waals surface area contributed by atoms with Crippen molar-refractivity contribution in [2.75, 3.05) is 5.88 Å². The normalized spacial score (nSPS) is 17.2. The predicted molar refractivity (Wildman–Crippen MR) is 71.3 cm³/mol. The van der Waals surface area contributed by atoms with Crippen molar-refractivity contribution in [1.82, 2.24) is 10.3 Å². The molecule has 3 rings (SSSR count). The quantitative estimate of drug-likeness (QED) is 0.839. The van der Waals surface area contributed by atoms with Crippen LogP contribution in [0.2, 0.25) is 0 Å². The van der Waals surface area contributed by atoms with Gasteiger partial charge in [-0.25, -0.2) is 0 Å². The maximum absolute atomic E-state index is 5.97. The lowest BCUT2D eigenvalue weighted by molar-refractivity contribution is 0.544. The summed E-state index contributed by atoms with van der Waals surface area (Å²) in [5, 5.41) is 4.80. The molecular weight excluding hydrogens is 232 g/mol. The van der Waals surface area contributed by atoms with Crippen molar-refractivity contribution in [3.63, 3.8) is 0 Å². The molecule has 1 aromatic heterocycles. The number of halogens is 1. The number of rotatable bonds is 4. The topological polar surface area (TPSA) is 24.9 Å². The summed E-state index contributed by atoms with van der Waals surface area (Å²) in [5.74, 6) is 0.704. The van der Waals surface area contributed by atoms with Crippen molar-refractivity contribution in [1.29, 1.82) is 0 Å². The summed E-state index contributed by atoms with van der Waals surface area (Å²) in [4.78, 5) is 4.37. The third-order valence-corrected chi connectivity index (χ3v) is 4.01. The van der Waals surface area contributed by atoms with Crippen molar-refractivity contribution in [3.8, 4) is 0 Å². The van der Waals surface area contributed by atoms with Gasteiger partial charge in [0, 0.05) is 29.5 Å². The number of nitrogens with one attached hydrogen (secondary N) is 1. The highest BCUT2D eigenvalue weighted by atomic mass is 35.5. The second-order valence-electron chi connectivity index (χ2n) is 4.75. The molecule has 1 aromatic carbocycles. The van der Waals surface area contributed by atoms with Crippen molar-refractivity contribution in [2.24, 2.45) is 0 Å². The van der Waals surface area contributed by atoms with E-state index in [2.05, 4.69) is 28.5 Å². The van der Waals surface area contributed by atoms with Crippen LogP contribution in [0.15, 0.2) is 36.5 Å². The third kappa shape index (κ3) is 2.15. The fourth-order valence-corrected chi connectivity index (χ4v) is 2.46. The van der Waals surface area contributed by atoms with E-state index in [0.29, 0.717) is 5.88 Å². The summed E-state index contributed by atoms with van der Waals surface area (Å²) in [5.41, 5.74) is 2.56. The number of para-hydroxylation sites is 1. The molecule has 0 unspecified atom stereocenters. The lowest BCUT2D eigenvalue weighted by Crippen LogP contribution is -2.32. The van der Waals surface area contributed by atoms with E-state index in [0.717, 1.165) is 12.1 Å². The van der Waals surface area contributed by atoms with Gasteiger partial charge in [0.1, 0.15) is 0 Å². The van der Waals surface area contributed by atoms with E-state index in [1.807, 2.05) is 18.3 Å². The van der Waals surface area contributed by atoms with Crippen LogP contribution in [0.4, 0.5) is 0 Å². The number of pyridine rings is 1. The van der Waals surface area contributed by atoms with E-state index < -0.39 is 0 Å². The highest BCUT2D eigenvalue weighted by Crippen LogP contribution is 2.36. The zero-order valence-corrected chi connectivity index (χ0v) is 10.4. The number of alkyl halides is 1. The Morgan fingerprint density at radius 2 is 2.06 bits per heavy atom. The minimum absolute atomic E-state index is 0.200. The highest BCUT2D eigenvalue weighted by Gasteiger charge is 2.41. The predicted octanol–water partition coefficient (Wildman–Crippen LogP) is 3.10. The average Bonchev–Trinajstić information content (AvgIpc) is 3.17. The molecule has 0 amide bonds. The van der Waals surface area contributed by atoms with Crippen LogP contribution in [0.1, 0.15) is 18.4 Å². The van der Waals surface area contributed by atoms with Crippen LogP contribution in [-0.2, 0) is 6.54 Å². The number of benzene rings is 1. The second-order valence-corrected chi connectivity index (χ2v) is 5.02. The molecule has 2 nitrogen and oxygen atoms in total.